The number of carboxylic acid groups (broad SMARTS) is 1. The summed E-state index contributed by atoms with van der Waals surface area (Å²) in [7, 11) is 0. The van der Waals surface area contributed by atoms with E-state index in [9.17, 15) is 9.90 Å². The SMILES string of the molecule is CC1CCN1c1nc2c(c(-c3cccc(C(=O)O)c3)n1)CCC2. The molecule has 2 aliphatic rings. The van der Waals surface area contributed by atoms with E-state index in [0.29, 0.717) is 11.6 Å². The predicted molar refractivity (Wildman–Crippen MR) is 87.9 cm³/mol. The molecule has 1 fully saturated rings. The molecule has 0 bridgehead atoms. The second-order valence-electron chi connectivity index (χ2n) is 6.37. The van der Waals surface area contributed by atoms with Gasteiger partial charge in [-0.2, -0.15) is 0 Å². The average molecular weight is 309 g/mol. The smallest absolute Gasteiger partial charge is 0.335 e. The van der Waals surface area contributed by atoms with Gasteiger partial charge in [0.05, 0.1) is 11.3 Å². The van der Waals surface area contributed by atoms with Gasteiger partial charge in [0.15, 0.2) is 0 Å². The highest BCUT2D eigenvalue weighted by Gasteiger charge is 2.29. The number of aryl methyl sites for hydroxylation is 1. The number of rotatable bonds is 3. The van der Waals surface area contributed by atoms with Crippen LogP contribution >= 0.6 is 0 Å². The highest BCUT2D eigenvalue weighted by Crippen LogP contribution is 2.34. The third-order valence-corrected chi connectivity index (χ3v) is 4.88. The Labute approximate surface area is 135 Å². The van der Waals surface area contributed by atoms with Crippen molar-refractivity contribution in [1.82, 2.24) is 9.97 Å². The number of carbonyl (C=O) groups is 1. The number of fused-ring (bicyclic) bond motifs is 1. The fourth-order valence-electron chi connectivity index (χ4n) is 3.40. The summed E-state index contributed by atoms with van der Waals surface area (Å²) in [6.07, 6.45) is 4.22. The number of benzene rings is 1. The summed E-state index contributed by atoms with van der Waals surface area (Å²) in [4.78, 5) is 23.1. The maximum atomic E-state index is 11.3. The lowest BCUT2D eigenvalue weighted by Crippen LogP contribution is -2.46. The summed E-state index contributed by atoms with van der Waals surface area (Å²) in [6, 6.07) is 7.54. The second-order valence-corrected chi connectivity index (χ2v) is 6.37. The lowest BCUT2D eigenvalue weighted by molar-refractivity contribution is 0.0697. The van der Waals surface area contributed by atoms with Crippen LogP contribution in [0.25, 0.3) is 11.3 Å². The van der Waals surface area contributed by atoms with Gasteiger partial charge in [0.2, 0.25) is 5.95 Å². The third-order valence-electron chi connectivity index (χ3n) is 4.88. The van der Waals surface area contributed by atoms with Crippen LogP contribution < -0.4 is 4.90 Å². The van der Waals surface area contributed by atoms with E-state index in [-0.39, 0.29) is 0 Å². The van der Waals surface area contributed by atoms with Crippen LogP contribution in [0.4, 0.5) is 5.95 Å². The molecule has 1 N–H and O–H groups in total. The third kappa shape index (κ3) is 2.36. The molecule has 118 valence electrons. The summed E-state index contributed by atoms with van der Waals surface area (Å²) in [5.74, 6) is -0.116. The van der Waals surface area contributed by atoms with Crippen molar-refractivity contribution in [1.29, 1.82) is 0 Å². The standard InChI is InChI=1S/C18H19N3O2/c1-11-8-9-21(11)18-19-15-7-3-6-14(15)16(20-18)12-4-2-5-13(10-12)17(22)23/h2,4-5,10-11H,3,6-9H2,1H3,(H,22,23). The second kappa shape index (κ2) is 5.33. The predicted octanol–water partition coefficient (Wildman–Crippen LogP) is 2.93. The molecular formula is C18H19N3O2. The average Bonchev–Trinajstić information content (AvgIpc) is 3.01. The Balaban J connectivity index is 1.84. The van der Waals surface area contributed by atoms with E-state index in [1.54, 1.807) is 18.2 Å². The Morgan fingerprint density at radius 3 is 2.87 bits per heavy atom. The van der Waals surface area contributed by atoms with Crippen molar-refractivity contribution < 1.29 is 9.90 Å². The van der Waals surface area contributed by atoms with Gasteiger partial charge in [-0.1, -0.05) is 12.1 Å². The first-order chi connectivity index (χ1) is 11.1. The molecule has 2 heterocycles. The van der Waals surface area contributed by atoms with Crippen LogP contribution in [0.3, 0.4) is 0 Å². The number of nitrogens with zero attached hydrogens (tertiary/aromatic N) is 3. The number of aromatic nitrogens is 2. The quantitative estimate of drug-likeness (QED) is 0.944. The molecule has 1 aromatic carbocycles. The number of hydrogen-bond donors (Lipinski definition) is 1. The van der Waals surface area contributed by atoms with Crippen LogP contribution in [0.1, 0.15) is 41.4 Å². The Morgan fingerprint density at radius 2 is 2.17 bits per heavy atom. The molecule has 1 aliphatic carbocycles. The van der Waals surface area contributed by atoms with Gasteiger partial charge in [0.25, 0.3) is 0 Å². The first kappa shape index (κ1) is 14.2. The molecule has 1 aromatic heterocycles. The summed E-state index contributed by atoms with van der Waals surface area (Å²) >= 11 is 0. The van der Waals surface area contributed by atoms with E-state index in [2.05, 4.69) is 11.8 Å². The molecule has 0 amide bonds. The van der Waals surface area contributed by atoms with Crippen molar-refractivity contribution in [2.75, 3.05) is 11.4 Å². The van der Waals surface area contributed by atoms with Crippen molar-refractivity contribution >= 4 is 11.9 Å². The first-order valence-electron chi connectivity index (χ1n) is 8.13. The molecule has 0 saturated carbocycles. The van der Waals surface area contributed by atoms with Gasteiger partial charge in [0, 0.05) is 29.4 Å². The van der Waals surface area contributed by atoms with Crippen LogP contribution in [0.2, 0.25) is 0 Å². The zero-order valence-corrected chi connectivity index (χ0v) is 13.1. The lowest BCUT2D eigenvalue weighted by Gasteiger charge is -2.39. The van der Waals surface area contributed by atoms with Crippen molar-refractivity contribution in [2.24, 2.45) is 0 Å². The molecule has 0 spiro atoms. The van der Waals surface area contributed by atoms with Crippen molar-refractivity contribution in [2.45, 2.75) is 38.6 Å². The Hall–Kier alpha value is -2.43. The lowest BCUT2D eigenvalue weighted by atomic mass is 10.0. The fraction of sp³-hybridized carbons (Fsp3) is 0.389. The summed E-state index contributed by atoms with van der Waals surface area (Å²) < 4.78 is 0. The molecule has 1 atom stereocenters. The molecule has 0 radical (unpaired) electrons. The topological polar surface area (TPSA) is 66.3 Å². The maximum absolute atomic E-state index is 11.3. The zero-order chi connectivity index (χ0) is 16.0. The number of carboxylic acids is 1. The van der Waals surface area contributed by atoms with Gasteiger partial charge >= 0.3 is 5.97 Å². The zero-order valence-electron chi connectivity index (χ0n) is 13.1. The fourth-order valence-corrected chi connectivity index (χ4v) is 3.40. The number of anilines is 1. The highest BCUT2D eigenvalue weighted by atomic mass is 16.4. The highest BCUT2D eigenvalue weighted by molar-refractivity contribution is 5.89. The largest absolute Gasteiger partial charge is 0.478 e. The Morgan fingerprint density at radius 1 is 1.30 bits per heavy atom. The van der Waals surface area contributed by atoms with Gasteiger partial charge in [-0.3, -0.25) is 0 Å². The van der Waals surface area contributed by atoms with Crippen molar-refractivity contribution in [3.8, 4) is 11.3 Å². The van der Waals surface area contributed by atoms with Crippen LogP contribution in [-0.2, 0) is 12.8 Å². The van der Waals surface area contributed by atoms with E-state index in [0.717, 1.165) is 48.7 Å². The van der Waals surface area contributed by atoms with Gasteiger partial charge in [-0.05, 0) is 44.7 Å². The summed E-state index contributed by atoms with van der Waals surface area (Å²) in [6.45, 7) is 3.18. The van der Waals surface area contributed by atoms with E-state index in [4.69, 9.17) is 9.97 Å². The Bertz CT molecular complexity index is 788. The van der Waals surface area contributed by atoms with E-state index in [1.807, 2.05) is 6.07 Å². The van der Waals surface area contributed by atoms with E-state index >= 15 is 0 Å². The molecule has 1 saturated heterocycles. The van der Waals surface area contributed by atoms with E-state index in [1.165, 1.54) is 12.0 Å². The maximum Gasteiger partial charge on any atom is 0.335 e. The molecule has 5 heteroatoms. The van der Waals surface area contributed by atoms with Gasteiger partial charge < -0.3 is 10.0 Å². The minimum atomic E-state index is -0.908. The van der Waals surface area contributed by atoms with Crippen LogP contribution in [0.5, 0.6) is 0 Å². The molecule has 23 heavy (non-hydrogen) atoms. The van der Waals surface area contributed by atoms with Crippen molar-refractivity contribution in [3.05, 3.63) is 41.1 Å². The molecule has 1 unspecified atom stereocenters. The molecule has 5 nitrogen and oxygen atoms in total. The molecule has 4 rings (SSSR count). The normalized spacial score (nSPS) is 19.3. The van der Waals surface area contributed by atoms with Gasteiger partial charge in [-0.25, -0.2) is 14.8 Å². The van der Waals surface area contributed by atoms with Crippen LogP contribution in [0.15, 0.2) is 24.3 Å². The minimum Gasteiger partial charge on any atom is -0.478 e. The minimum absolute atomic E-state index is 0.298. The first-order valence-corrected chi connectivity index (χ1v) is 8.13. The molecule has 2 aromatic rings. The van der Waals surface area contributed by atoms with Gasteiger partial charge in [-0.15, -0.1) is 0 Å². The van der Waals surface area contributed by atoms with Crippen LogP contribution in [-0.4, -0.2) is 33.6 Å². The van der Waals surface area contributed by atoms with Crippen LogP contribution in [0, 0.1) is 0 Å². The molecule has 1 aliphatic heterocycles. The summed E-state index contributed by atoms with van der Waals surface area (Å²) in [5.41, 5.74) is 4.39. The summed E-state index contributed by atoms with van der Waals surface area (Å²) in [5, 5.41) is 9.23. The van der Waals surface area contributed by atoms with Gasteiger partial charge in [0.1, 0.15) is 0 Å². The number of aromatic carboxylic acids is 1. The monoisotopic (exact) mass is 309 g/mol. The van der Waals surface area contributed by atoms with E-state index < -0.39 is 5.97 Å². The van der Waals surface area contributed by atoms with Crippen molar-refractivity contribution in [3.63, 3.8) is 0 Å². The number of hydrogen-bond acceptors (Lipinski definition) is 4. The molecular weight excluding hydrogens is 290 g/mol. The Kier molecular flexibility index (Phi) is 3.29.